The van der Waals surface area contributed by atoms with E-state index in [0.29, 0.717) is 0 Å². The Morgan fingerprint density at radius 1 is 0.773 bits per heavy atom. The van der Waals surface area contributed by atoms with Crippen LogP contribution in [0.4, 0.5) is 0 Å². The summed E-state index contributed by atoms with van der Waals surface area (Å²) in [7, 11) is 0. The van der Waals surface area contributed by atoms with E-state index in [1.807, 2.05) is 0 Å². The van der Waals surface area contributed by atoms with Gasteiger partial charge in [-0.3, -0.25) is 0 Å². The van der Waals surface area contributed by atoms with Crippen molar-refractivity contribution in [2.24, 2.45) is 0 Å². The maximum Gasteiger partial charge on any atom is 0.132 e. The molecule has 9 nitrogen and oxygen atoms in total. The summed E-state index contributed by atoms with van der Waals surface area (Å²) in [5.41, 5.74) is -1.02. The molecule has 10 heteroatoms. The van der Waals surface area contributed by atoms with E-state index in [1.54, 1.807) is 0 Å². The maximum absolute atomic E-state index is 10.0. The number of rotatable bonds is 4. The van der Waals surface area contributed by atoms with Gasteiger partial charge in [0.2, 0.25) is 0 Å². The highest BCUT2D eigenvalue weighted by Gasteiger charge is 2.47. The summed E-state index contributed by atoms with van der Waals surface area (Å²) in [6.07, 6.45) is -8.81. The van der Waals surface area contributed by atoms with Crippen LogP contribution in [0.25, 0.3) is 0 Å². The van der Waals surface area contributed by atoms with Gasteiger partial charge in [0, 0.05) is 0 Å². The zero-order valence-corrected chi connectivity index (χ0v) is 12.5. The zero-order valence-electron chi connectivity index (χ0n) is 11.7. The molecule has 2 aliphatic rings. The Hall–Kier alpha value is -0.0100. The average Bonchev–Trinajstić information content (AvgIpc) is 2.52. The van der Waals surface area contributed by atoms with Crippen molar-refractivity contribution in [3.05, 3.63) is 0 Å². The maximum atomic E-state index is 10.0. The molecular weight excluding hydrogens is 320 g/mol. The van der Waals surface area contributed by atoms with Crippen molar-refractivity contribution in [3.63, 3.8) is 0 Å². The first-order valence-corrected chi connectivity index (χ1v) is 7.89. The smallest absolute Gasteiger partial charge is 0.132 e. The summed E-state index contributed by atoms with van der Waals surface area (Å²) < 4.78 is 10.5. The molecule has 2 saturated heterocycles. The molecule has 7 N–H and O–H groups in total. The summed E-state index contributed by atoms with van der Waals surface area (Å²) in [6, 6.07) is 0. The van der Waals surface area contributed by atoms with E-state index in [0.717, 1.165) is 11.8 Å². The third kappa shape index (κ3) is 3.56. The summed E-state index contributed by atoms with van der Waals surface area (Å²) in [5, 5.41) is 66.7. The SMILES string of the molecule is OC[C@H]1O[C@@H](S[C@H]2CO[C@H](CO)[C@H](O)[C@@H]2O)[C@H](O)[C@@H](O)[C@H]1O. The van der Waals surface area contributed by atoms with Gasteiger partial charge in [-0.15, -0.1) is 11.8 Å². The highest BCUT2D eigenvalue weighted by Crippen LogP contribution is 2.34. The molecule has 2 rings (SSSR count). The van der Waals surface area contributed by atoms with Gasteiger partial charge in [-0.05, 0) is 0 Å². The number of ether oxygens (including phenoxy) is 2. The molecule has 0 bridgehead atoms. The molecule has 0 unspecified atom stereocenters. The lowest BCUT2D eigenvalue weighted by Gasteiger charge is -2.43. The predicted molar refractivity (Wildman–Crippen MR) is 74.0 cm³/mol. The first kappa shape index (κ1) is 18.3. The fourth-order valence-corrected chi connectivity index (χ4v) is 3.84. The number of hydrogen-bond donors (Lipinski definition) is 7. The van der Waals surface area contributed by atoms with E-state index >= 15 is 0 Å². The van der Waals surface area contributed by atoms with Crippen LogP contribution in [0.2, 0.25) is 0 Å². The van der Waals surface area contributed by atoms with Crippen LogP contribution < -0.4 is 0 Å². The largest absolute Gasteiger partial charge is 0.394 e. The van der Waals surface area contributed by atoms with Crippen LogP contribution in [0.1, 0.15) is 0 Å². The highest BCUT2D eigenvalue weighted by molar-refractivity contribution is 8.00. The third-order valence-corrected chi connectivity index (χ3v) is 5.35. The van der Waals surface area contributed by atoms with E-state index in [9.17, 15) is 25.5 Å². The number of thioether (sulfide) groups is 1. The second-order valence-corrected chi connectivity index (χ2v) is 6.75. The predicted octanol–water partition coefficient (Wildman–Crippen LogP) is -4.00. The minimum atomic E-state index is -1.50. The lowest BCUT2D eigenvalue weighted by Crippen LogP contribution is -2.59. The molecule has 0 aromatic rings. The third-order valence-electron chi connectivity index (χ3n) is 3.92. The summed E-state index contributed by atoms with van der Waals surface area (Å²) in [6.45, 7) is -0.972. The Labute approximate surface area is 131 Å². The Morgan fingerprint density at radius 2 is 1.36 bits per heavy atom. The lowest BCUT2D eigenvalue weighted by atomic mass is 10.0. The van der Waals surface area contributed by atoms with Crippen LogP contribution >= 0.6 is 11.8 Å². The van der Waals surface area contributed by atoms with Crippen molar-refractivity contribution in [2.75, 3.05) is 19.8 Å². The van der Waals surface area contributed by atoms with Gasteiger partial charge in [-0.2, -0.15) is 0 Å². The molecule has 9 atom stereocenters. The van der Waals surface area contributed by atoms with Gasteiger partial charge in [-0.1, -0.05) is 0 Å². The van der Waals surface area contributed by atoms with Gasteiger partial charge in [0.25, 0.3) is 0 Å². The molecule has 0 saturated carbocycles. The van der Waals surface area contributed by atoms with E-state index in [1.165, 1.54) is 0 Å². The van der Waals surface area contributed by atoms with E-state index in [-0.39, 0.29) is 6.61 Å². The molecule has 2 heterocycles. The van der Waals surface area contributed by atoms with Crippen LogP contribution in [0, 0.1) is 0 Å². The minimum Gasteiger partial charge on any atom is -0.394 e. The molecule has 0 radical (unpaired) electrons. The fraction of sp³-hybridized carbons (Fsp3) is 1.00. The van der Waals surface area contributed by atoms with Crippen molar-refractivity contribution in [1.82, 2.24) is 0 Å². The molecule has 2 aliphatic heterocycles. The molecule has 0 aliphatic carbocycles. The van der Waals surface area contributed by atoms with Crippen LogP contribution in [-0.4, -0.2) is 109 Å². The first-order valence-electron chi connectivity index (χ1n) is 6.95. The first-order chi connectivity index (χ1) is 10.4. The molecule has 0 aromatic carbocycles. The molecule has 130 valence electrons. The molecule has 0 amide bonds. The lowest BCUT2D eigenvalue weighted by molar-refractivity contribution is -0.206. The van der Waals surface area contributed by atoms with Crippen LogP contribution in [0.3, 0.4) is 0 Å². The molecule has 0 spiro atoms. The highest BCUT2D eigenvalue weighted by atomic mass is 32.2. The normalized spacial score (nSPS) is 50.0. The Bertz CT molecular complexity index is 357. The van der Waals surface area contributed by atoms with Gasteiger partial charge in [0.1, 0.15) is 42.1 Å². The van der Waals surface area contributed by atoms with Gasteiger partial charge in [0.15, 0.2) is 0 Å². The van der Waals surface area contributed by atoms with Gasteiger partial charge in [0.05, 0.1) is 31.2 Å². The second kappa shape index (κ2) is 7.71. The van der Waals surface area contributed by atoms with Crippen molar-refractivity contribution >= 4 is 11.8 Å². The van der Waals surface area contributed by atoms with Gasteiger partial charge >= 0.3 is 0 Å². The zero-order chi connectivity index (χ0) is 16.4. The summed E-state index contributed by atoms with van der Waals surface area (Å²) in [5.74, 6) is 0. The van der Waals surface area contributed by atoms with E-state index in [4.69, 9.17) is 19.7 Å². The van der Waals surface area contributed by atoms with E-state index in [2.05, 4.69) is 0 Å². The minimum absolute atomic E-state index is 0.00312. The second-order valence-electron chi connectivity index (χ2n) is 5.41. The number of aliphatic hydroxyl groups excluding tert-OH is 7. The average molecular weight is 342 g/mol. The summed E-state index contributed by atoms with van der Waals surface area (Å²) in [4.78, 5) is 0. The van der Waals surface area contributed by atoms with Crippen LogP contribution in [0.5, 0.6) is 0 Å². The molecular formula is C12H22O9S. The van der Waals surface area contributed by atoms with Crippen LogP contribution in [-0.2, 0) is 9.47 Å². The summed E-state index contributed by atoms with van der Waals surface area (Å²) >= 11 is 0.928. The van der Waals surface area contributed by atoms with Crippen molar-refractivity contribution < 1.29 is 45.2 Å². The monoisotopic (exact) mass is 342 g/mol. The topological polar surface area (TPSA) is 160 Å². The Balaban J connectivity index is 2.00. The standard InChI is InChI=1S/C12H22O9S/c13-1-4-7(15)9(17)6(3-20-4)22-12-11(19)10(18)8(16)5(2-14)21-12/h4-19H,1-3H2/t4-,5-,6+,7+,8+,9-,10+,11-,12+/m1/s1. The molecule has 22 heavy (non-hydrogen) atoms. The Kier molecular flexibility index (Phi) is 6.42. The molecule has 0 aromatic heterocycles. The quantitative estimate of drug-likeness (QED) is 0.268. The number of hydrogen-bond acceptors (Lipinski definition) is 10. The van der Waals surface area contributed by atoms with E-state index < -0.39 is 66.6 Å². The molecule has 2 fully saturated rings. The van der Waals surface area contributed by atoms with Crippen LogP contribution in [0.15, 0.2) is 0 Å². The number of aliphatic hydroxyl groups is 7. The van der Waals surface area contributed by atoms with Crippen molar-refractivity contribution in [1.29, 1.82) is 0 Å². The van der Waals surface area contributed by atoms with Gasteiger partial charge < -0.3 is 45.2 Å². The fourth-order valence-electron chi connectivity index (χ4n) is 2.49. The van der Waals surface area contributed by atoms with Crippen molar-refractivity contribution in [2.45, 2.75) is 53.4 Å². The van der Waals surface area contributed by atoms with Crippen molar-refractivity contribution in [3.8, 4) is 0 Å². The van der Waals surface area contributed by atoms with Gasteiger partial charge in [-0.25, -0.2) is 0 Å². The Morgan fingerprint density at radius 3 is 1.95 bits per heavy atom.